The Morgan fingerprint density at radius 3 is 2.64 bits per heavy atom. The van der Waals surface area contributed by atoms with Gasteiger partial charge in [0.25, 0.3) is 5.56 Å². The molecule has 1 aromatic heterocycles. The third kappa shape index (κ3) is 2.35. The lowest BCUT2D eigenvalue weighted by Crippen LogP contribution is -2.32. The molecule has 1 aliphatic rings. The van der Waals surface area contributed by atoms with Gasteiger partial charge in [-0.3, -0.25) is 4.79 Å². The zero-order valence-electron chi connectivity index (χ0n) is 13.0. The van der Waals surface area contributed by atoms with Crippen molar-refractivity contribution in [2.75, 3.05) is 5.32 Å². The number of benzene rings is 1. The van der Waals surface area contributed by atoms with Crippen molar-refractivity contribution in [3.8, 4) is 11.1 Å². The van der Waals surface area contributed by atoms with Crippen LogP contribution in [0.5, 0.6) is 0 Å². The summed E-state index contributed by atoms with van der Waals surface area (Å²) in [7, 11) is 0. The molecule has 114 valence electrons. The van der Waals surface area contributed by atoms with Crippen LogP contribution in [-0.2, 0) is 6.61 Å². The molecule has 0 radical (unpaired) electrons. The summed E-state index contributed by atoms with van der Waals surface area (Å²) in [6, 6.07) is 7.45. The summed E-state index contributed by atoms with van der Waals surface area (Å²) in [6.07, 6.45) is 3.76. The first-order chi connectivity index (χ1) is 10.4. The number of fused-ring (bicyclic) bond motifs is 1. The van der Waals surface area contributed by atoms with Gasteiger partial charge >= 0.3 is 0 Å². The molecule has 2 heterocycles. The van der Waals surface area contributed by atoms with Gasteiger partial charge in [-0.2, -0.15) is 0 Å². The number of allylic oxidation sites excluding steroid dienone is 1. The minimum atomic E-state index is -0.150. The Labute approximate surface area is 129 Å². The standard InChI is InChI=1S/C18H20N2O2/c1-11-9-18(2,3)20-15-7-6-12(14(10-21)16(11)15)13-5-4-8-19-17(13)22/h4-9,20-21H,10H2,1-3H3,(H,19,22). The second kappa shape index (κ2) is 5.14. The van der Waals surface area contributed by atoms with Crippen molar-refractivity contribution in [2.45, 2.75) is 32.9 Å². The fourth-order valence-electron chi connectivity index (χ4n) is 3.25. The van der Waals surface area contributed by atoms with E-state index >= 15 is 0 Å². The fourth-order valence-corrected chi connectivity index (χ4v) is 3.25. The van der Waals surface area contributed by atoms with E-state index in [0.717, 1.165) is 28.0 Å². The number of anilines is 1. The first kappa shape index (κ1) is 14.6. The van der Waals surface area contributed by atoms with Gasteiger partial charge in [0, 0.05) is 23.0 Å². The highest BCUT2D eigenvalue weighted by atomic mass is 16.3. The Morgan fingerprint density at radius 2 is 1.95 bits per heavy atom. The van der Waals surface area contributed by atoms with Crippen molar-refractivity contribution in [1.29, 1.82) is 0 Å². The normalized spacial score (nSPS) is 15.7. The van der Waals surface area contributed by atoms with Gasteiger partial charge in [-0.05, 0) is 55.7 Å². The van der Waals surface area contributed by atoms with Gasteiger partial charge in [0.05, 0.1) is 12.1 Å². The van der Waals surface area contributed by atoms with E-state index in [1.54, 1.807) is 18.3 Å². The zero-order valence-corrected chi connectivity index (χ0v) is 13.0. The van der Waals surface area contributed by atoms with Crippen molar-refractivity contribution in [1.82, 2.24) is 4.98 Å². The molecule has 0 saturated heterocycles. The lowest BCUT2D eigenvalue weighted by molar-refractivity contribution is 0.282. The maximum atomic E-state index is 12.1. The molecule has 0 spiro atoms. The molecule has 3 rings (SSSR count). The monoisotopic (exact) mass is 296 g/mol. The van der Waals surface area contributed by atoms with Gasteiger partial charge in [-0.25, -0.2) is 0 Å². The lowest BCUT2D eigenvalue weighted by atomic mass is 9.85. The molecule has 0 fully saturated rings. The van der Waals surface area contributed by atoms with E-state index in [1.807, 2.05) is 19.1 Å². The van der Waals surface area contributed by atoms with Gasteiger partial charge < -0.3 is 15.4 Å². The summed E-state index contributed by atoms with van der Waals surface area (Å²) >= 11 is 0. The molecule has 0 unspecified atom stereocenters. The number of pyridine rings is 1. The number of rotatable bonds is 2. The summed E-state index contributed by atoms with van der Waals surface area (Å²) in [6.45, 7) is 6.14. The van der Waals surface area contributed by atoms with E-state index in [-0.39, 0.29) is 17.7 Å². The van der Waals surface area contributed by atoms with Crippen molar-refractivity contribution in [3.05, 3.63) is 58.0 Å². The highest BCUT2D eigenvalue weighted by Gasteiger charge is 2.25. The molecule has 3 N–H and O–H groups in total. The van der Waals surface area contributed by atoms with Crippen molar-refractivity contribution in [3.63, 3.8) is 0 Å². The van der Waals surface area contributed by atoms with Crippen molar-refractivity contribution in [2.24, 2.45) is 0 Å². The maximum absolute atomic E-state index is 12.1. The van der Waals surface area contributed by atoms with Gasteiger partial charge in [0.1, 0.15) is 0 Å². The molecule has 1 aliphatic heterocycles. The average Bonchev–Trinajstić information content (AvgIpc) is 2.45. The van der Waals surface area contributed by atoms with Crippen LogP contribution in [0.3, 0.4) is 0 Å². The lowest BCUT2D eigenvalue weighted by Gasteiger charge is -2.33. The predicted octanol–water partition coefficient (Wildman–Crippen LogP) is 3.14. The van der Waals surface area contributed by atoms with E-state index < -0.39 is 0 Å². The zero-order chi connectivity index (χ0) is 15.9. The first-order valence-electron chi connectivity index (χ1n) is 7.36. The van der Waals surface area contributed by atoms with Crippen LogP contribution in [0.1, 0.15) is 31.9 Å². The Morgan fingerprint density at radius 1 is 1.18 bits per heavy atom. The van der Waals surface area contributed by atoms with Crippen LogP contribution in [0, 0.1) is 0 Å². The number of aliphatic hydroxyl groups excluding tert-OH is 1. The molecular weight excluding hydrogens is 276 g/mol. The first-order valence-corrected chi connectivity index (χ1v) is 7.36. The molecule has 0 saturated carbocycles. The highest BCUT2D eigenvalue weighted by molar-refractivity contribution is 5.87. The molecule has 0 bridgehead atoms. The Bertz CT molecular complexity index is 816. The van der Waals surface area contributed by atoms with E-state index in [9.17, 15) is 9.90 Å². The molecule has 0 amide bonds. The largest absolute Gasteiger partial charge is 0.392 e. The average molecular weight is 296 g/mol. The van der Waals surface area contributed by atoms with Crippen molar-refractivity contribution < 1.29 is 5.11 Å². The van der Waals surface area contributed by atoms with E-state index in [4.69, 9.17) is 0 Å². The fraction of sp³-hybridized carbons (Fsp3) is 0.278. The molecule has 0 atom stereocenters. The van der Waals surface area contributed by atoms with Gasteiger partial charge in [0.15, 0.2) is 0 Å². The number of aromatic nitrogens is 1. The number of aromatic amines is 1. The molecular formula is C18H20N2O2. The van der Waals surface area contributed by atoms with Crippen LogP contribution in [0.15, 0.2) is 41.3 Å². The summed E-state index contributed by atoms with van der Waals surface area (Å²) in [4.78, 5) is 14.8. The Balaban J connectivity index is 2.28. The molecule has 4 heteroatoms. The molecule has 1 aromatic carbocycles. The molecule has 2 aromatic rings. The van der Waals surface area contributed by atoms with Crippen LogP contribution in [0.2, 0.25) is 0 Å². The number of aliphatic hydroxyl groups is 1. The van der Waals surface area contributed by atoms with Crippen LogP contribution in [0.4, 0.5) is 5.69 Å². The third-order valence-corrected chi connectivity index (χ3v) is 4.01. The number of nitrogens with one attached hydrogen (secondary N) is 2. The maximum Gasteiger partial charge on any atom is 0.255 e. The van der Waals surface area contributed by atoms with Gasteiger partial charge in [-0.15, -0.1) is 0 Å². The SMILES string of the molecule is CC1=CC(C)(C)Nc2ccc(-c3ccc[nH]c3=O)c(CO)c21. The summed E-state index contributed by atoms with van der Waals surface area (Å²) in [5.74, 6) is 0. The van der Waals surface area contributed by atoms with Crippen LogP contribution in [0.25, 0.3) is 16.7 Å². The number of H-pyrrole nitrogens is 1. The summed E-state index contributed by atoms with van der Waals surface area (Å²) in [5, 5.41) is 13.4. The topological polar surface area (TPSA) is 65.1 Å². The minimum absolute atomic E-state index is 0.111. The van der Waals surface area contributed by atoms with Crippen LogP contribution in [-0.4, -0.2) is 15.6 Å². The molecule has 0 aliphatic carbocycles. The van der Waals surface area contributed by atoms with Crippen LogP contribution < -0.4 is 10.9 Å². The van der Waals surface area contributed by atoms with E-state index in [1.165, 1.54) is 0 Å². The predicted molar refractivity (Wildman–Crippen MR) is 89.8 cm³/mol. The summed E-state index contributed by atoms with van der Waals surface area (Å²) < 4.78 is 0. The molecule has 4 nitrogen and oxygen atoms in total. The Hall–Kier alpha value is -2.33. The minimum Gasteiger partial charge on any atom is -0.392 e. The molecule has 22 heavy (non-hydrogen) atoms. The third-order valence-electron chi connectivity index (χ3n) is 4.01. The van der Waals surface area contributed by atoms with Gasteiger partial charge in [0.2, 0.25) is 0 Å². The second-order valence-electron chi connectivity index (χ2n) is 6.26. The Kier molecular flexibility index (Phi) is 3.41. The van der Waals surface area contributed by atoms with Crippen molar-refractivity contribution >= 4 is 11.3 Å². The van der Waals surface area contributed by atoms with Gasteiger partial charge in [-0.1, -0.05) is 12.1 Å². The van der Waals surface area contributed by atoms with Crippen LogP contribution >= 0.6 is 0 Å². The summed E-state index contributed by atoms with van der Waals surface area (Å²) in [5.41, 5.74) is 4.94. The highest BCUT2D eigenvalue weighted by Crippen LogP contribution is 2.39. The number of hydrogen-bond acceptors (Lipinski definition) is 3. The second-order valence-corrected chi connectivity index (χ2v) is 6.26. The smallest absolute Gasteiger partial charge is 0.255 e. The van der Waals surface area contributed by atoms with E-state index in [0.29, 0.717) is 5.56 Å². The van der Waals surface area contributed by atoms with E-state index in [2.05, 4.69) is 30.2 Å². The number of hydrogen-bond donors (Lipinski definition) is 3. The quantitative estimate of drug-likeness (QED) is 0.797.